The Bertz CT molecular complexity index is 855. The molecule has 1 aromatic heterocycles. The van der Waals surface area contributed by atoms with Gasteiger partial charge in [-0.05, 0) is 41.3 Å². The van der Waals surface area contributed by atoms with Gasteiger partial charge >= 0.3 is 0 Å². The first-order valence-corrected chi connectivity index (χ1v) is 9.56. The fraction of sp³-hybridized carbons (Fsp3) is 0.105. The number of halogens is 1. The van der Waals surface area contributed by atoms with E-state index in [0.717, 1.165) is 22.8 Å². The first kappa shape index (κ1) is 15.0. The summed E-state index contributed by atoms with van der Waals surface area (Å²) in [6.07, 6.45) is 0.903. The van der Waals surface area contributed by atoms with Crippen LogP contribution in [0.25, 0.3) is 0 Å². The summed E-state index contributed by atoms with van der Waals surface area (Å²) in [5.74, 6) is 0. The third kappa shape index (κ3) is 3.23. The summed E-state index contributed by atoms with van der Waals surface area (Å²) in [7, 11) is 0. The van der Waals surface area contributed by atoms with Gasteiger partial charge in [-0.15, -0.1) is 23.1 Å². The van der Waals surface area contributed by atoms with Crippen molar-refractivity contribution in [3.05, 3.63) is 81.5 Å². The Morgan fingerprint density at radius 3 is 2.74 bits per heavy atom. The number of hydrogen-bond donors (Lipinski definition) is 0. The minimum absolute atomic E-state index is 0.318. The largest absolute Gasteiger partial charge is 0.251 e. The average Bonchev–Trinajstić information content (AvgIpc) is 3.02. The van der Waals surface area contributed by atoms with Crippen molar-refractivity contribution < 1.29 is 0 Å². The van der Waals surface area contributed by atoms with Crippen LogP contribution in [0.4, 0.5) is 5.69 Å². The van der Waals surface area contributed by atoms with Gasteiger partial charge in [-0.25, -0.2) is 0 Å². The maximum Gasteiger partial charge on any atom is 0.0769 e. The summed E-state index contributed by atoms with van der Waals surface area (Å²) < 4.78 is 0. The molecule has 0 amide bonds. The first-order valence-electron chi connectivity index (χ1n) is 7.42. The molecule has 0 unspecified atom stereocenters. The zero-order chi connectivity index (χ0) is 15.6. The predicted octanol–water partition coefficient (Wildman–Crippen LogP) is 6.76. The highest BCUT2D eigenvalue weighted by atomic mass is 35.5. The van der Waals surface area contributed by atoms with Crippen molar-refractivity contribution in [2.45, 2.75) is 16.6 Å². The molecule has 1 nitrogen and oxygen atoms in total. The minimum atomic E-state index is 0.318. The summed E-state index contributed by atoms with van der Waals surface area (Å²) in [6, 6.07) is 20.8. The number of thiophene rings is 1. The molecule has 0 bridgehead atoms. The average molecular weight is 356 g/mol. The lowest BCUT2D eigenvalue weighted by molar-refractivity contribution is 1.01. The SMILES string of the molecule is Clc1cccc([C@H]2CC(c3cccs3)=Nc3ccccc3S2)c1. The summed E-state index contributed by atoms with van der Waals surface area (Å²) in [5, 5.41) is 3.21. The van der Waals surface area contributed by atoms with Crippen LogP contribution < -0.4 is 0 Å². The Labute approximate surface area is 149 Å². The molecule has 2 heterocycles. The molecule has 0 fully saturated rings. The van der Waals surface area contributed by atoms with E-state index in [9.17, 15) is 0 Å². The number of fused-ring (bicyclic) bond motifs is 1. The van der Waals surface area contributed by atoms with Crippen molar-refractivity contribution in [2.75, 3.05) is 0 Å². The van der Waals surface area contributed by atoms with Crippen LogP contribution >= 0.6 is 34.7 Å². The normalized spacial score (nSPS) is 17.3. The Balaban J connectivity index is 1.80. The molecule has 0 N–H and O–H groups in total. The van der Waals surface area contributed by atoms with Crippen LogP contribution in [-0.4, -0.2) is 5.71 Å². The molecule has 3 aromatic rings. The van der Waals surface area contributed by atoms with Crippen LogP contribution in [0.1, 0.15) is 22.1 Å². The molecule has 0 aliphatic carbocycles. The van der Waals surface area contributed by atoms with Crippen LogP contribution in [0.5, 0.6) is 0 Å². The molecule has 4 heteroatoms. The summed E-state index contributed by atoms with van der Waals surface area (Å²) in [5.41, 5.74) is 3.47. The Morgan fingerprint density at radius 1 is 1.00 bits per heavy atom. The molecule has 23 heavy (non-hydrogen) atoms. The highest BCUT2D eigenvalue weighted by Gasteiger charge is 2.22. The second-order valence-electron chi connectivity index (χ2n) is 5.37. The minimum Gasteiger partial charge on any atom is -0.251 e. The van der Waals surface area contributed by atoms with Crippen molar-refractivity contribution in [1.82, 2.24) is 0 Å². The van der Waals surface area contributed by atoms with E-state index in [1.807, 2.05) is 23.9 Å². The van der Waals surface area contributed by atoms with E-state index in [-0.39, 0.29) is 0 Å². The van der Waals surface area contributed by atoms with Gasteiger partial charge in [-0.3, -0.25) is 4.99 Å². The fourth-order valence-corrected chi connectivity index (χ4v) is 4.85. The van der Waals surface area contributed by atoms with Crippen LogP contribution in [0.2, 0.25) is 5.02 Å². The van der Waals surface area contributed by atoms with Crippen molar-refractivity contribution in [3.63, 3.8) is 0 Å². The molecule has 1 atom stereocenters. The Hall–Kier alpha value is -1.55. The number of hydrogen-bond acceptors (Lipinski definition) is 3. The zero-order valence-electron chi connectivity index (χ0n) is 12.3. The third-order valence-electron chi connectivity index (χ3n) is 3.79. The molecule has 0 radical (unpaired) electrons. The lowest BCUT2D eigenvalue weighted by atomic mass is 10.1. The standard InChI is InChI=1S/C19H14ClNS2/c20-14-6-3-5-13(11-14)19-12-16(17-9-4-10-22-17)21-15-7-1-2-8-18(15)23-19/h1-11,19H,12H2/t19-/m1/s1. The maximum absolute atomic E-state index is 6.20. The van der Waals surface area contributed by atoms with Crippen LogP contribution in [-0.2, 0) is 0 Å². The number of rotatable bonds is 2. The zero-order valence-corrected chi connectivity index (χ0v) is 14.7. The Kier molecular flexibility index (Phi) is 4.25. The van der Waals surface area contributed by atoms with Gasteiger partial charge in [0.25, 0.3) is 0 Å². The number of nitrogens with zero attached hydrogens (tertiary/aromatic N) is 1. The van der Waals surface area contributed by atoms with E-state index in [1.165, 1.54) is 15.3 Å². The van der Waals surface area contributed by atoms with E-state index in [4.69, 9.17) is 16.6 Å². The molecule has 0 spiro atoms. The lowest BCUT2D eigenvalue weighted by Crippen LogP contribution is -2.03. The third-order valence-corrected chi connectivity index (χ3v) is 6.27. The van der Waals surface area contributed by atoms with Gasteiger partial charge in [-0.1, -0.05) is 41.9 Å². The van der Waals surface area contributed by atoms with E-state index in [0.29, 0.717) is 5.25 Å². The maximum atomic E-state index is 6.20. The molecule has 2 aromatic carbocycles. The summed E-state index contributed by atoms with van der Waals surface area (Å²) in [4.78, 5) is 7.42. The molecule has 1 aliphatic heterocycles. The highest BCUT2D eigenvalue weighted by Crippen LogP contribution is 2.46. The molecule has 0 saturated carbocycles. The molecule has 1 aliphatic rings. The van der Waals surface area contributed by atoms with Gasteiger partial charge in [0, 0.05) is 26.5 Å². The van der Waals surface area contributed by atoms with Gasteiger partial charge in [0.2, 0.25) is 0 Å². The van der Waals surface area contributed by atoms with Gasteiger partial charge in [0.05, 0.1) is 11.4 Å². The van der Waals surface area contributed by atoms with Gasteiger partial charge in [-0.2, -0.15) is 0 Å². The van der Waals surface area contributed by atoms with Crippen molar-refractivity contribution in [2.24, 2.45) is 4.99 Å². The van der Waals surface area contributed by atoms with E-state index in [1.54, 1.807) is 11.3 Å². The molecule has 0 saturated heterocycles. The number of aliphatic imine (C=N–C) groups is 1. The second-order valence-corrected chi connectivity index (χ2v) is 8.00. The molecular formula is C19H14ClNS2. The lowest BCUT2D eigenvalue weighted by Gasteiger charge is -2.16. The van der Waals surface area contributed by atoms with Crippen molar-refractivity contribution in [1.29, 1.82) is 0 Å². The first-order chi connectivity index (χ1) is 11.3. The van der Waals surface area contributed by atoms with Crippen LogP contribution in [0.3, 0.4) is 0 Å². The van der Waals surface area contributed by atoms with Gasteiger partial charge < -0.3 is 0 Å². The van der Waals surface area contributed by atoms with Gasteiger partial charge in [0.1, 0.15) is 0 Å². The predicted molar refractivity (Wildman–Crippen MR) is 102 cm³/mol. The van der Waals surface area contributed by atoms with Crippen LogP contribution in [0, 0.1) is 0 Å². The topological polar surface area (TPSA) is 12.4 Å². The smallest absolute Gasteiger partial charge is 0.0769 e. The van der Waals surface area contributed by atoms with E-state index in [2.05, 4.69) is 53.9 Å². The summed E-state index contributed by atoms with van der Waals surface area (Å²) in [6.45, 7) is 0. The number of para-hydroxylation sites is 1. The second kappa shape index (κ2) is 6.52. The quantitative estimate of drug-likeness (QED) is 0.494. The van der Waals surface area contributed by atoms with E-state index >= 15 is 0 Å². The fourth-order valence-electron chi connectivity index (χ4n) is 2.70. The van der Waals surface area contributed by atoms with Crippen molar-refractivity contribution in [3.8, 4) is 0 Å². The monoisotopic (exact) mass is 355 g/mol. The molecule has 4 rings (SSSR count). The number of benzene rings is 2. The summed E-state index contributed by atoms with van der Waals surface area (Å²) >= 11 is 9.82. The Morgan fingerprint density at radius 2 is 1.91 bits per heavy atom. The van der Waals surface area contributed by atoms with Gasteiger partial charge in [0.15, 0.2) is 0 Å². The van der Waals surface area contributed by atoms with E-state index < -0.39 is 0 Å². The van der Waals surface area contributed by atoms with Crippen molar-refractivity contribution >= 4 is 46.1 Å². The molecule has 114 valence electrons. The highest BCUT2D eigenvalue weighted by molar-refractivity contribution is 7.99. The molecular weight excluding hydrogens is 342 g/mol. The number of thioether (sulfide) groups is 1. The van der Waals surface area contributed by atoms with Crippen LogP contribution in [0.15, 0.2) is 75.9 Å².